The van der Waals surface area contributed by atoms with Crippen molar-refractivity contribution in [2.75, 3.05) is 37.6 Å². The summed E-state index contributed by atoms with van der Waals surface area (Å²) in [6.45, 7) is 5.55. The molecule has 1 heterocycles. The van der Waals surface area contributed by atoms with E-state index in [9.17, 15) is 9.18 Å². The van der Waals surface area contributed by atoms with Crippen LogP contribution in [0.4, 0.5) is 10.1 Å². The van der Waals surface area contributed by atoms with Crippen molar-refractivity contribution >= 4 is 11.6 Å². The number of carbonyl (C=O) groups is 1. The molecule has 2 unspecified atom stereocenters. The van der Waals surface area contributed by atoms with Crippen molar-refractivity contribution in [1.29, 1.82) is 0 Å². The number of hydrogen-bond donors (Lipinski definition) is 2. The molecule has 2 atom stereocenters. The van der Waals surface area contributed by atoms with E-state index in [1.807, 2.05) is 37.3 Å². The molecule has 2 aromatic rings. The third kappa shape index (κ3) is 5.05. The smallest absolute Gasteiger partial charge is 0.237 e. The van der Waals surface area contributed by atoms with Gasteiger partial charge in [-0.15, -0.1) is 0 Å². The first-order valence-electron chi connectivity index (χ1n) is 9.37. The van der Waals surface area contributed by atoms with Crippen molar-refractivity contribution < 1.29 is 9.18 Å². The van der Waals surface area contributed by atoms with E-state index in [2.05, 4.69) is 15.1 Å². The molecule has 6 heteroatoms. The van der Waals surface area contributed by atoms with Crippen LogP contribution in [0.15, 0.2) is 54.6 Å². The van der Waals surface area contributed by atoms with Gasteiger partial charge in [-0.1, -0.05) is 30.3 Å². The van der Waals surface area contributed by atoms with Crippen LogP contribution >= 0.6 is 0 Å². The van der Waals surface area contributed by atoms with E-state index >= 15 is 0 Å². The molecule has 2 aromatic carbocycles. The fourth-order valence-electron chi connectivity index (χ4n) is 3.36. The number of piperazine rings is 1. The normalized spacial score (nSPS) is 17.4. The summed E-state index contributed by atoms with van der Waals surface area (Å²) in [7, 11) is 0. The third-order valence-corrected chi connectivity index (χ3v) is 5.16. The summed E-state index contributed by atoms with van der Waals surface area (Å²) in [5, 5.41) is 2.97. The highest BCUT2D eigenvalue weighted by molar-refractivity contribution is 5.81. The maximum absolute atomic E-state index is 13.1. The summed E-state index contributed by atoms with van der Waals surface area (Å²) in [4.78, 5) is 16.9. The lowest BCUT2D eigenvalue weighted by Crippen LogP contribution is -2.54. The molecule has 0 bridgehead atoms. The Morgan fingerprint density at radius 2 is 1.70 bits per heavy atom. The van der Waals surface area contributed by atoms with Crippen LogP contribution in [0, 0.1) is 5.82 Å². The molecule has 0 aliphatic carbocycles. The highest BCUT2D eigenvalue weighted by atomic mass is 19.1. The highest BCUT2D eigenvalue weighted by Gasteiger charge is 2.25. The lowest BCUT2D eigenvalue weighted by atomic mass is 10.1. The van der Waals surface area contributed by atoms with Gasteiger partial charge >= 0.3 is 0 Å². The summed E-state index contributed by atoms with van der Waals surface area (Å²) >= 11 is 0. The number of amides is 1. The van der Waals surface area contributed by atoms with Gasteiger partial charge in [-0.3, -0.25) is 9.69 Å². The predicted molar refractivity (Wildman–Crippen MR) is 106 cm³/mol. The van der Waals surface area contributed by atoms with Crippen molar-refractivity contribution in [3.05, 3.63) is 66.0 Å². The van der Waals surface area contributed by atoms with Gasteiger partial charge < -0.3 is 16.0 Å². The Kier molecular flexibility index (Phi) is 6.42. The molecule has 0 spiro atoms. The maximum atomic E-state index is 13.1. The largest absolute Gasteiger partial charge is 0.369 e. The lowest BCUT2D eigenvalue weighted by Gasteiger charge is -2.38. The minimum Gasteiger partial charge on any atom is -0.369 e. The predicted octanol–water partition coefficient (Wildman–Crippen LogP) is 2.15. The third-order valence-electron chi connectivity index (χ3n) is 5.16. The zero-order valence-corrected chi connectivity index (χ0v) is 15.6. The number of hydrogen-bond acceptors (Lipinski definition) is 4. The molecule has 1 fully saturated rings. The highest BCUT2D eigenvalue weighted by Crippen LogP contribution is 2.18. The first-order valence-corrected chi connectivity index (χ1v) is 9.37. The quantitative estimate of drug-likeness (QED) is 0.818. The van der Waals surface area contributed by atoms with Crippen LogP contribution in [0.25, 0.3) is 0 Å². The van der Waals surface area contributed by atoms with Gasteiger partial charge in [0.25, 0.3) is 0 Å². The van der Waals surface area contributed by atoms with Crippen LogP contribution in [-0.2, 0) is 4.79 Å². The van der Waals surface area contributed by atoms with Crippen molar-refractivity contribution in [1.82, 2.24) is 10.2 Å². The molecule has 3 N–H and O–H groups in total. The van der Waals surface area contributed by atoms with E-state index in [0.717, 1.165) is 37.4 Å². The zero-order valence-electron chi connectivity index (χ0n) is 15.6. The van der Waals surface area contributed by atoms with Gasteiger partial charge in [0.15, 0.2) is 0 Å². The summed E-state index contributed by atoms with van der Waals surface area (Å²) in [6.07, 6.45) is 0. The topological polar surface area (TPSA) is 61.6 Å². The number of anilines is 1. The van der Waals surface area contributed by atoms with Gasteiger partial charge in [0.2, 0.25) is 5.91 Å². The summed E-state index contributed by atoms with van der Waals surface area (Å²) in [5.74, 6) is -0.229. The van der Waals surface area contributed by atoms with Gasteiger partial charge in [0.1, 0.15) is 5.82 Å². The molecule has 0 radical (unpaired) electrons. The van der Waals surface area contributed by atoms with E-state index in [4.69, 9.17) is 5.73 Å². The molecule has 0 saturated carbocycles. The van der Waals surface area contributed by atoms with E-state index in [1.54, 1.807) is 12.1 Å². The lowest BCUT2D eigenvalue weighted by molar-refractivity contribution is -0.126. The Bertz CT molecular complexity index is 730. The Morgan fingerprint density at radius 1 is 1.07 bits per heavy atom. The Hall–Kier alpha value is -2.44. The molecule has 27 heavy (non-hydrogen) atoms. The average molecular weight is 370 g/mol. The molecule has 1 saturated heterocycles. The van der Waals surface area contributed by atoms with Gasteiger partial charge in [0, 0.05) is 44.5 Å². The van der Waals surface area contributed by atoms with Crippen LogP contribution in [0.2, 0.25) is 0 Å². The second-order valence-corrected chi connectivity index (χ2v) is 6.94. The molecule has 1 aliphatic heterocycles. The van der Waals surface area contributed by atoms with Crippen LogP contribution < -0.4 is 16.0 Å². The second-order valence-electron chi connectivity index (χ2n) is 6.94. The number of benzene rings is 2. The van der Waals surface area contributed by atoms with E-state index in [0.29, 0.717) is 6.54 Å². The van der Waals surface area contributed by atoms with Gasteiger partial charge in [0.05, 0.1) is 6.04 Å². The SMILES string of the molecule is CC(C(=O)NCC(N)c1ccccc1)N1CCN(c2ccc(F)cc2)CC1. The zero-order chi connectivity index (χ0) is 19.2. The summed E-state index contributed by atoms with van der Waals surface area (Å²) in [6, 6.07) is 15.9. The van der Waals surface area contributed by atoms with Crippen LogP contribution in [0.3, 0.4) is 0 Å². The first-order chi connectivity index (χ1) is 13.0. The summed E-state index contributed by atoms with van der Waals surface area (Å²) in [5.41, 5.74) is 8.18. The molecular weight excluding hydrogens is 343 g/mol. The fourth-order valence-corrected chi connectivity index (χ4v) is 3.36. The van der Waals surface area contributed by atoms with Gasteiger partial charge in [-0.05, 0) is 36.8 Å². The standard InChI is InChI=1S/C21H27FN4O/c1-16(21(27)24-15-20(23)17-5-3-2-4-6-17)25-11-13-26(14-12-25)19-9-7-18(22)8-10-19/h2-10,16,20H,11-15,23H2,1H3,(H,24,27). The Balaban J connectivity index is 1.46. The van der Waals surface area contributed by atoms with Crippen molar-refractivity contribution in [2.45, 2.75) is 19.0 Å². The molecule has 1 aliphatic rings. The summed E-state index contributed by atoms with van der Waals surface area (Å²) < 4.78 is 13.1. The number of carbonyl (C=O) groups excluding carboxylic acids is 1. The van der Waals surface area contributed by atoms with Crippen LogP contribution in [0.5, 0.6) is 0 Å². The van der Waals surface area contributed by atoms with Gasteiger partial charge in [-0.25, -0.2) is 4.39 Å². The number of nitrogens with zero attached hydrogens (tertiary/aromatic N) is 2. The second kappa shape index (κ2) is 8.97. The van der Waals surface area contributed by atoms with Crippen molar-refractivity contribution in [2.24, 2.45) is 5.73 Å². The monoisotopic (exact) mass is 370 g/mol. The van der Waals surface area contributed by atoms with Crippen molar-refractivity contribution in [3.63, 3.8) is 0 Å². The van der Waals surface area contributed by atoms with Gasteiger partial charge in [-0.2, -0.15) is 0 Å². The van der Waals surface area contributed by atoms with Crippen LogP contribution in [-0.4, -0.2) is 49.6 Å². The Labute approximate surface area is 160 Å². The number of nitrogens with one attached hydrogen (secondary N) is 1. The minimum atomic E-state index is -0.226. The van der Waals surface area contributed by atoms with E-state index in [-0.39, 0.29) is 23.8 Å². The van der Waals surface area contributed by atoms with E-state index in [1.165, 1.54) is 12.1 Å². The number of halogens is 1. The maximum Gasteiger partial charge on any atom is 0.237 e. The first kappa shape index (κ1) is 19.3. The molecule has 0 aromatic heterocycles. The molecular formula is C21H27FN4O. The average Bonchev–Trinajstić information content (AvgIpc) is 2.72. The Morgan fingerprint density at radius 3 is 2.33 bits per heavy atom. The number of rotatable bonds is 6. The fraction of sp³-hybridized carbons (Fsp3) is 0.381. The molecule has 5 nitrogen and oxygen atoms in total. The molecule has 3 rings (SSSR count). The molecule has 1 amide bonds. The molecule has 144 valence electrons. The van der Waals surface area contributed by atoms with Crippen molar-refractivity contribution in [3.8, 4) is 0 Å². The van der Waals surface area contributed by atoms with E-state index < -0.39 is 0 Å². The number of nitrogens with two attached hydrogens (primary N) is 1. The van der Waals surface area contributed by atoms with Crippen LogP contribution in [0.1, 0.15) is 18.5 Å². The minimum absolute atomic E-state index is 0.00314.